The predicted octanol–water partition coefficient (Wildman–Crippen LogP) is 3.27. The van der Waals surface area contributed by atoms with E-state index in [9.17, 15) is 18.0 Å². The summed E-state index contributed by atoms with van der Waals surface area (Å²) in [6.07, 6.45) is 0.691. The molecule has 0 bridgehead atoms. The number of rotatable bonds is 2. The highest BCUT2D eigenvalue weighted by atomic mass is 35.5. The highest BCUT2D eigenvalue weighted by molar-refractivity contribution is 6.34. The minimum atomic E-state index is -4.62. The lowest BCUT2D eigenvalue weighted by atomic mass is 10.1. The summed E-state index contributed by atoms with van der Waals surface area (Å²) in [4.78, 5) is 24.6. The molecular formula is C18H15ClF3N5O. The molecule has 1 N–H and O–H groups in total. The first-order valence-electron chi connectivity index (χ1n) is 8.50. The van der Waals surface area contributed by atoms with E-state index in [0.29, 0.717) is 25.5 Å². The first-order chi connectivity index (χ1) is 13.4. The van der Waals surface area contributed by atoms with Gasteiger partial charge in [0.2, 0.25) is 0 Å². The van der Waals surface area contributed by atoms with E-state index in [1.54, 1.807) is 18.6 Å². The smallest absolute Gasteiger partial charge is 0.369 e. The van der Waals surface area contributed by atoms with E-state index in [2.05, 4.69) is 15.3 Å². The van der Waals surface area contributed by atoms with Crippen LogP contribution in [0.1, 0.15) is 22.3 Å². The number of hydrogen-bond acceptors (Lipinski definition) is 5. The average Bonchev–Trinajstić information content (AvgIpc) is 3.10. The van der Waals surface area contributed by atoms with Crippen LogP contribution in [0.25, 0.3) is 0 Å². The van der Waals surface area contributed by atoms with Crippen LogP contribution >= 0.6 is 11.6 Å². The van der Waals surface area contributed by atoms with Crippen molar-refractivity contribution in [3.8, 4) is 0 Å². The number of hydrogen-bond donors (Lipinski definition) is 1. The van der Waals surface area contributed by atoms with E-state index in [1.165, 1.54) is 17.0 Å². The van der Waals surface area contributed by atoms with Crippen LogP contribution in [-0.2, 0) is 6.18 Å². The van der Waals surface area contributed by atoms with Crippen molar-refractivity contribution < 1.29 is 18.0 Å². The lowest BCUT2D eigenvalue weighted by Crippen LogP contribution is -2.40. The van der Waals surface area contributed by atoms with Crippen molar-refractivity contribution in [3.05, 3.63) is 64.3 Å². The van der Waals surface area contributed by atoms with E-state index in [4.69, 9.17) is 11.6 Å². The molecule has 2 aliphatic heterocycles. The molecule has 0 saturated heterocycles. The summed E-state index contributed by atoms with van der Waals surface area (Å²) in [5.41, 5.74) is 0.672. The highest BCUT2D eigenvalue weighted by Gasteiger charge is 2.36. The van der Waals surface area contributed by atoms with Crippen molar-refractivity contribution in [2.75, 3.05) is 24.7 Å². The van der Waals surface area contributed by atoms with Crippen molar-refractivity contribution >= 4 is 23.3 Å². The Hall–Kier alpha value is -2.81. The Bertz CT molecular complexity index is 948. The number of anilines is 1. The Labute approximate surface area is 163 Å². The maximum absolute atomic E-state index is 13.1. The van der Waals surface area contributed by atoms with Gasteiger partial charge in [-0.15, -0.1) is 0 Å². The predicted molar refractivity (Wildman–Crippen MR) is 96.5 cm³/mol. The first-order valence-corrected chi connectivity index (χ1v) is 8.88. The number of carbonyl (C=O) groups excluding carboxylic acids is 1. The van der Waals surface area contributed by atoms with Gasteiger partial charge in [0.15, 0.2) is 5.82 Å². The number of carbonyl (C=O) groups is 1. The molecule has 1 aromatic carbocycles. The number of halogens is 4. The van der Waals surface area contributed by atoms with Gasteiger partial charge in [0.1, 0.15) is 0 Å². The molecule has 0 fully saturated rings. The second-order valence-corrected chi connectivity index (χ2v) is 6.77. The van der Waals surface area contributed by atoms with Crippen molar-refractivity contribution in [1.82, 2.24) is 20.2 Å². The summed E-state index contributed by atoms with van der Waals surface area (Å²) in [6.45, 7) is 1.12. The molecule has 10 heteroatoms. The molecule has 0 atom stereocenters. The molecule has 6 nitrogen and oxygen atoms in total. The fourth-order valence-corrected chi connectivity index (χ4v) is 3.68. The Balaban J connectivity index is 1.60. The molecule has 146 valence electrons. The normalized spacial score (nSPS) is 16.9. The van der Waals surface area contributed by atoms with Crippen LogP contribution in [0.3, 0.4) is 0 Å². The lowest BCUT2D eigenvalue weighted by molar-refractivity contribution is -0.137. The number of nitrogens with one attached hydrogen (secondary N) is 1. The van der Waals surface area contributed by atoms with Crippen molar-refractivity contribution in [2.24, 2.45) is 0 Å². The van der Waals surface area contributed by atoms with Gasteiger partial charge < -0.3 is 15.1 Å². The van der Waals surface area contributed by atoms with E-state index < -0.39 is 22.7 Å². The second kappa shape index (κ2) is 6.97. The molecule has 0 spiro atoms. The molecular weight excluding hydrogens is 395 g/mol. The Kier molecular flexibility index (Phi) is 4.62. The van der Waals surface area contributed by atoms with Gasteiger partial charge >= 0.3 is 6.18 Å². The van der Waals surface area contributed by atoms with E-state index in [0.717, 1.165) is 17.5 Å². The first kappa shape index (κ1) is 18.5. The van der Waals surface area contributed by atoms with Crippen LogP contribution in [0.2, 0.25) is 5.02 Å². The number of aromatic nitrogens is 2. The molecule has 0 unspecified atom stereocenters. The topological polar surface area (TPSA) is 61.4 Å². The summed E-state index contributed by atoms with van der Waals surface area (Å²) in [6, 6.07) is 3.38. The zero-order valence-corrected chi connectivity index (χ0v) is 15.3. The zero-order chi connectivity index (χ0) is 19.9. The third-order valence-corrected chi connectivity index (χ3v) is 5.15. The monoisotopic (exact) mass is 409 g/mol. The third kappa shape index (κ3) is 3.26. The Morgan fingerprint density at radius 1 is 1.25 bits per heavy atom. The van der Waals surface area contributed by atoms with Crippen molar-refractivity contribution in [1.29, 1.82) is 0 Å². The van der Waals surface area contributed by atoms with E-state index in [1.807, 2.05) is 4.90 Å². The molecule has 1 aromatic heterocycles. The second-order valence-electron chi connectivity index (χ2n) is 6.39. The van der Waals surface area contributed by atoms with Crippen LogP contribution in [-0.4, -0.2) is 40.5 Å². The number of amides is 1. The van der Waals surface area contributed by atoms with E-state index in [-0.39, 0.29) is 12.1 Å². The van der Waals surface area contributed by atoms with Crippen molar-refractivity contribution in [3.63, 3.8) is 0 Å². The molecule has 0 radical (unpaired) electrons. The Morgan fingerprint density at radius 2 is 2.07 bits per heavy atom. The Morgan fingerprint density at radius 3 is 2.79 bits per heavy atom. The van der Waals surface area contributed by atoms with Gasteiger partial charge in [-0.05, 0) is 12.1 Å². The van der Waals surface area contributed by atoms with Gasteiger partial charge in [0.25, 0.3) is 5.91 Å². The minimum absolute atomic E-state index is 0.155. The van der Waals surface area contributed by atoms with Crippen LogP contribution in [0.15, 0.2) is 48.2 Å². The summed E-state index contributed by atoms with van der Waals surface area (Å²) in [7, 11) is 0. The molecule has 28 heavy (non-hydrogen) atoms. The molecule has 2 aromatic rings. The van der Waals surface area contributed by atoms with Gasteiger partial charge in [-0.1, -0.05) is 17.7 Å². The molecule has 0 aliphatic carbocycles. The third-order valence-electron chi connectivity index (χ3n) is 4.74. The van der Waals surface area contributed by atoms with Crippen LogP contribution in [0.4, 0.5) is 19.0 Å². The van der Waals surface area contributed by atoms with Gasteiger partial charge in [-0.3, -0.25) is 9.78 Å². The molecule has 3 heterocycles. The van der Waals surface area contributed by atoms with Crippen LogP contribution in [0, 0.1) is 0 Å². The number of alkyl halides is 3. The SMILES string of the molecule is O=C(c1cccc(C(F)(F)F)c1Cl)N1CCC2=C(C1)N(c1cnccn1)CN2. The van der Waals surface area contributed by atoms with Gasteiger partial charge in [0.05, 0.1) is 41.3 Å². The number of nitrogens with zero attached hydrogens (tertiary/aromatic N) is 4. The van der Waals surface area contributed by atoms with Gasteiger partial charge in [-0.2, -0.15) is 13.2 Å². The summed E-state index contributed by atoms with van der Waals surface area (Å²) < 4.78 is 39.3. The lowest BCUT2D eigenvalue weighted by Gasteiger charge is -2.31. The minimum Gasteiger partial charge on any atom is -0.369 e. The number of benzene rings is 1. The summed E-state index contributed by atoms with van der Waals surface area (Å²) in [5, 5.41) is 2.70. The maximum Gasteiger partial charge on any atom is 0.417 e. The maximum atomic E-state index is 13.1. The van der Waals surface area contributed by atoms with Crippen LogP contribution in [0.5, 0.6) is 0 Å². The standard InChI is InChI=1S/C18H15ClF3N5O/c19-16-11(2-1-3-12(16)18(20,21)22)17(28)26-7-4-13-14(9-26)27(10-25-13)15-8-23-5-6-24-15/h1-3,5-6,8,25H,4,7,9-10H2. The largest absolute Gasteiger partial charge is 0.417 e. The van der Waals surface area contributed by atoms with Crippen LogP contribution < -0.4 is 10.2 Å². The summed E-state index contributed by atoms with van der Waals surface area (Å²) in [5.74, 6) is 0.0973. The molecule has 2 aliphatic rings. The van der Waals surface area contributed by atoms with Gasteiger partial charge in [0, 0.05) is 31.1 Å². The quantitative estimate of drug-likeness (QED) is 0.825. The fourth-order valence-electron chi connectivity index (χ4n) is 3.36. The average molecular weight is 410 g/mol. The van der Waals surface area contributed by atoms with Gasteiger partial charge in [-0.25, -0.2) is 4.98 Å². The molecule has 0 saturated carbocycles. The van der Waals surface area contributed by atoms with E-state index >= 15 is 0 Å². The van der Waals surface area contributed by atoms with Crippen molar-refractivity contribution in [2.45, 2.75) is 12.6 Å². The molecule has 4 rings (SSSR count). The zero-order valence-electron chi connectivity index (χ0n) is 14.5. The highest BCUT2D eigenvalue weighted by Crippen LogP contribution is 2.37. The fraction of sp³-hybridized carbons (Fsp3) is 0.278. The summed E-state index contributed by atoms with van der Waals surface area (Å²) >= 11 is 5.92. The molecule has 1 amide bonds.